The number of methoxy groups -OCH3 is 1. The number of nitrogens with one attached hydrogen (secondary N) is 1. The second-order valence-electron chi connectivity index (χ2n) is 6.72. The summed E-state index contributed by atoms with van der Waals surface area (Å²) in [5.74, 6) is -0.536. The largest absolute Gasteiger partial charge is 0.424 e. The summed E-state index contributed by atoms with van der Waals surface area (Å²) in [6.07, 6.45) is 1.62. The number of para-hydroxylation sites is 2. The van der Waals surface area contributed by atoms with Crippen LogP contribution in [0.25, 0.3) is 17.1 Å². The number of aromatic nitrogens is 2. The number of carbonyl (C=O) groups is 1. The molecule has 0 bridgehead atoms. The van der Waals surface area contributed by atoms with Crippen molar-refractivity contribution in [2.24, 2.45) is 0 Å². The molecule has 0 fully saturated rings. The highest BCUT2D eigenvalue weighted by Crippen LogP contribution is 2.24. The fraction of sp³-hybridized carbons (Fsp3) is 0.0870. The molecule has 0 spiro atoms. The molecule has 2 aromatic carbocycles. The number of nitrogens with two attached hydrogens (primary N) is 1. The van der Waals surface area contributed by atoms with Crippen LogP contribution in [0.1, 0.15) is 16.1 Å². The van der Waals surface area contributed by atoms with Gasteiger partial charge in [0.15, 0.2) is 5.76 Å². The lowest BCUT2D eigenvalue weighted by Gasteiger charge is -2.10. The molecular formula is C23H20N4O4. The van der Waals surface area contributed by atoms with E-state index in [1.807, 2.05) is 6.07 Å². The molecular weight excluding hydrogens is 396 g/mol. The highest BCUT2D eigenvalue weighted by Gasteiger charge is 2.20. The van der Waals surface area contributed by atoms with Gasteiger partial charge in [-0.1, -0.05) is 18.2 Å². The summed E-state index contributed by atoms with van der Waals surface area (Å²) in [7, 11) is 1.53. The van der Waals surface area contributed by atoms with Gasteiger partial charge in [0.2, 0.25) is 0 Å². The van der Waals surface area contributed by atoms with E-state index in [0.29, 0.717) is 39.8 Å². The minimum absolute atomic E-state index is 0.146. The molecule has 0 atom stereocenters. The van der Waals surface area contributed by atoms with Gasteiger partial charge in [-0.2, -0.15) is 0 Å². The van der Waals surface area contributed by atoms with Gasteiger partial charge < -0.3 is 20.2 Å². The van der Waals surface area contributed by atoms with Crippen molar-refractivity contribution >= 4 is 17.3 Å². The zero-order valence-electron chi connectivity index (χ0n) is 16.7. The van der Waals surface area contributed by atoms with Crippen LogP contribution >= 0.6 is 0 Å². The van der Waals surface area contributed by atoms with Crippen molar-refractivity contribution in [3.63, 3.8) is 0 Å². The lowest BCUT2D eigenvalue weighted by Crippen LogP contribution is -2.16. The van der Waals surface area contributed by atoms with Crippen LogP contribution < -0.4 is 16.8 Å². The van der Waals surface area contributed by atoms with E-state index in [1.165, 1.54) is 11.7 Å². The highest BCUT2D eigenvalue weighted by atomic mass is 16.5. The Labute approximate surface area is 177 Å². The third kappa shape index (κ3) is 4.10. The number of nitrogens with zero attached hydrogens (tertiary/aromatic N) is 2. The Bertz CT molecular complexity index is 1260. The number of anilines is 2. The van der Waals surface area contributed by atoms with E-state index >= 15 is 0 Å². The molecule has 2 aromatic heterocycles. The van der Waals surface area contributed by atoms with Gasteiger partial charge in [-0.3, -0.25) is 9.78 Å². The summed E-state index contributed by atoms with van der Waals surface area (Å²) in [4.78, 5) is 29.4. The molecule has 4 rings (SSSR count). The van der Waals surface area contributed by atoms with E-state index in [9.17, 15) is 9.59 Å². The van der Waals surface area contributed by atoms with Gasteiger partial charge in [0, 0.05) is 18.9 Å². The third-order valence-electron chi connectivity index (χ3n) is 4.68. The zero-order valence-corrected chi connectivity index (χ0v) is 16.7. The number of hydrogen-bond donors (Lipinski definition) is 2. The average Bonchev–Trinajstić information content (AvgIpc) is 3.12. The molecule has 2 heterocycles. The average molecular weight is 416 g/mol. The Morgan fingerprint density at radius 2 is 1.84 bits per heavy atom. The molecule has 0 saturated carbocycles. The van der Waals surface area contributed by atoms with Crippen molar-refractivity contribution in [3.05, 3.63) is 94.7 Å². The Kier molecular flexibility index (Phi) is 5.63. The first-order chi connectivity index (χ1) is 15.1. The molecule has 1 amide bonds. The van der Waals surface area contributed by atoms with Gasteiger partial charge in [0.25, 0.3) is 5.91 Å². The predicted molar refractivity (Wildman–Crippen MR) is 117 cm³/mol. The van der Waals surface area contributed by atoms with Crippen molar-refractivity contribution in [2.75, 3.05) is 18.2 Å². The molecule has 0 unspecified atom stereocenters. The smallest absolute Gasteiger partial charge is 0.405 e. The summed E-state index contributed by atoms with van der Waals surface area (Å²) < 4.78 is 12.2. The monoisotopic (exact) mass is 416 g/mol. The molecule has 0 aliphatic rings. The standard InChI is InChI=1S/C23H20N4O4/c1-30-14-20-21(19-8-4-5-13-25-19)31-23(29)27(20)16-11-9-15(10-12-16)22(28)26-18-7-3-2-6-17(18)24/h2-13H,14,24H2,1H3,(H,26,28). The van der Waals surface area contributed by atoms with E-state index < -0.39 is 5.76 Å². The summed E-state index contributed by atoms with van der Waals surface area (Å²) in [5.41, 5.74) is 8.90. The van der Waals surface area contributed by atoms with Crippen molar-refractivity contribution < 1.29 is 13.9 Å². The van der Waals surface area contributed by atoms with Crippen LogP contribution in [0, 0.1) is 0 Å². The minimum atomic E-state index is -0.568. The van der Waals surface area contributed by atoms with E-state index in [-0.39, 0.29) is 12.5 Å². The molecule has 0 aliphatic carbocycles. The van der Waals surface area contributed by atoms with E-state index in [0.717, 1.165) is 0 Å². The van der Waals surface area contributed by atoms with Crippen LogP contribution in [0.4, 0.5) is 11.4 Å². The number of pyridine rings is 1. The van der Waals surface area contributed by atoms with Crippen LogP contribution in [-0.4, -0.2) is 22.6 Å². The summed E-state index contributed by atoms with van der Waals surface area (Å²) in [6, 6.07) is 18.9. The van der Waals surface area contributed by atoms with Crippen LogP contribution in [0.2, 0.25) is 0 Å². The maximum absolute atomic E-state index is 12.6. The fourth-order valence-corrected chi connectivity index (χ4v) is 3.20. The quantitative estimate of drug-likeness (QED) is 0.466. The van der Waals surface area contributed by atoms with Crippen LogP contribution in [0.3, 0.4) is 0 Å². The van der Waals surface area contributed by atoms with Gasteiger partial charge in [-0.15, -0.1) is 0 Å². The normalized spacial score (nSPS) is 10.7. The number of hydrogen-bond acceptors (Lipinski definition) is 6. The maximum atomic E-state index is 12.6. The van der Waals surface area contributed by atoms with Crippen molar-refractivity contribution in [1.82, 2.24) is 9.55 Å². The van der Waals surface area contributed by atoms with Crippen molar-refractivity contribution in [2.45, 2.75) is 6.61 Å². The molecule has 0 saturated heterocycles. The zero-order chi connectivity index (χ0) is 21.8. The van der Waals surface area contributed by atoms with E-state index in [1.54, 1.807) is 66.9 Å². The molecule has 0 radical (unpaired) electrons. The molecule has 8 nitrogen and oxygen atoms in total. The number of rotatable bonds is 6. The first-order valence-electron chi connectivity index (χ1n) is 9.50. The number of carbonyl (C=O) groups excluding carboxylic acids is 1. The number of benzene rings is 2. The lowest BCUT2D eigenvalue weighted by atomic mass is 10.1. The molecule has 31 heavy (non-hydrogen) atoms. The second kappa shape index (κ2) is 8.68. The van der Waals surface area contributed by atoms with Gasteiger partial charge >= 0.3 is 5.76 Å². The van der Waals surface area contributed by atoms with Gasteiger partial charge in [-0.25, -0.2) is 9.36 Å². The molecule has 156 valence electrons. The maximum Gasteiger partial charge on any atom is 0.424 e. The number of nitrogen functional groups attached to an aromatic ring is 1. The SMILES string of the molecule is COCc1c(-c2ccccn2)oc(=O)n1-c1ccc(C(=O)Nc2ccccc2N)cc1. The van der Waals surface area contributed by atoms with Gasteiger partial charge in [-0.05, 0) is 48.5 Å². The Balaban J connectivity index is 1.66. The van der Waals surface area contributed by atoms with Crippen LogP contribution in [-0.2, 0) is 11.3 Å². The van der Waals surface area contributed by atoms with Gasteiger partial charge in [0.05, 0.1) is 23.7 Å². The number of oxazole rings is 1. The summed E-state index contributed by atoms with van der Waals surface area (Å²) >= 11 is 0. The first kappa shape index (κ1) is 20.1. The van der Waals surface area contributed by atoms with E-state index in [2.05, 4.69) is 10.3 Å². The minimum Gasteiger partial charge on any atom is -0.405 e. The molecule has 4 aromatic rings. The predicted octanol–water partition coefficient (Wildman–Crippen LogP) is 3.47. The molecule has 8 heteroatoms. The van der Waals surface area contributed by atoms with Crippen molar-refractivity contribution in [1.29, 1.82) is 0 Å². The first-order valence-corrected chi connectivity index (χ1v) is 9.50. The lowest BCUT2D eigenvalue weighted by molar-refractivity contribution is 0.102. The van der Waals surface area contributed by atoms with Gasteiger partial charge in [0.1, 0.15) is 11.4 Å². The van der Waals surface area contributed by atoms with E-state index in [4.69, 9.17) is 14.9 Å². The number of ether oxygens (including phenoxy) is 1. The molecule has 0 aliphatic heterocycles. The summed E-state index contributed by atoms with van der Waals surface area (Å²) in [6.45, 7) is 0.146. The summed E-state index contributed by atoms with van der Waals surface area (Å²) in [5, 5.41) is 2.78. The molecule has 3 N–H and O–H groups in total. The highest BCUT2D eigenvalue weighted by molar-refractivity contribution is 6.05. The van der Waals surface area contributed by atoms with Crippen LogP contribution in [0.5, 0.6) is 0 Å². The topological polar surface area (TPSA) is 112 Å². The fourth-order valence-electron chi connectivity index (χ4n) is 3.20. The Morgan fingerprint density at radius 3 is 2.52 bits per heavy atom. The van der Waals surface area contributed by atoms with Crippen molar-refractivity contribution in [3.8, 4) is 17.1 Å². The third-order valence-corrected chi connectivity index (χ3v) is 4.68. The van der Waals surface area contributed by atoms with Crippen LogP contribution in [0.15, 0.2) is 82.1 Å². The number of amides is 1. The second-order valence-corrected chi connectivity index (χ2v) is 6.72. The Hall–Kier alpha value is -4.17. The Morgan fingerprint density at radius 1 is 1.10 bits per heavy atom.